The molecule has 1 N–H and O–H groups in total. The number of aromatic nitrogens is 2. The molecule has 2 heterocycles. The van der Waals surface area contributed by atoms with E-state index < -0.39 is 0 Å². The Morgan fingerprint density at radius 3 is 2.89 bits per heavy atom. The van der Waals surface area contributed by atoms with Gasteiger partial charge >= 0.3 is 6.03 Å². The predicted molar refractivity (Wildman–Crippen MR) is 106 cm³/mol. The molecule has 1 aliphatic carbocycles. The molecule has 7 heteroatoms. The molecule has 1 aromatic carbocycles. The molecule has 1 atom stereocenters. The second kappa shape index (κ2) is 7.66. The van der Waals surface area contributed by atoms with E-state index in [0.29, 0.717) is 38.5 Å². The van der Waals surface area contributed by atoms with Crippen LogP contribution in [0.3, 0.4) is 0 Å². The summed E-state index contributed by atoms with van der Waals surface area (Å²) < 4.78 is 1.94. The minimum Gasteiger partial charge on any atom is -0.350 e. The monoisotopic (exact) mass is 381 g/mol. The summed E-state index contributed by atoms with van der Waals surface area (Å²) in [6.07, 6.45) is 2.63. The van der Waals surface area contributed by atoms with E-state index in [2.05, 4.69) is 34.7 Å². The smallest absolute Gasteiger partial charge is 0.319 e. The molecule has 2 aliphatic rings. The average molecular weight is 381 g/mol. The fourth-order valence-corrected chi connectivity index (χ4v) is 4.20. The molecule has 1 aliphatic heterocycles. The fraction of sp³-hybridized carbons (Fsp3) is 0.476. The van der Waals surface area contributed by atoms with Gasteiger partial charge in [0.05, 0.1) is 31.0 Å². The summed E-state index contributed by atoms with van der Waals surface area (Å²) in [6, 6.07) is 10.4. The van der Waals surface area contributed by atoms with Gasteiger partial charge in [0.15, 0.2) is 0 Å². The van der Waals surface area contributed by atoms with Gasteiger partial charge in [-0.05, 0) is 36.0 Å². The summed E-state index contributed by atoms with van der Waals surface area (Å²) in [5.41, 5.74) is 4.55. The van der Waals surface area contributed by atoms with E-state index in [9.17, 15) is 9.59 Å². The lowest BCUT2D eigenvalue weighted by Gasteiger charge is -2.29. The van der Waals surface area contributed by atoms with E-state index in [-0.39, 0.29) is 11.9 Å². The van der Waals surface area contributed by atoms with Crippen molar-refractivity contribution in [2.24, 2.45) is 0 Å². The topological polar surface area (TPSA) is 70.5 Å². The lowest BCUT2D eigenvalue weighted by atomic mass is 9.97. The molecule has 1 aromatic heterocycles. The van der Waals surface area contributed by atoms with E-state index in [1.807, 2.05) is 15.6 Å². The molecule has 3 amide bonds. The maximum absolute atomic E-state index is 12.4. The predicted octanol–water partition coefficient (Wildman–Crippen LogP) is 2.12. The number of carbonyl (C=O) groups excluding carboxylic acids is 2. The van der Waals surface area contributed by atoms with Gasteiger partial charge in [-0.3, -0.25) is 9.48 Å². The van der Waals surface area contributed by atoms with Crippen molar-refractivity contribution >= 4 is 11.9 Å². The Bertz CT molecular complexity index is 889. The van der Waals surface area contributed by atoms with Crippen molar-refractivity contribution in [2.45, 2.75) is 44.8 Å². The molecular formula is C21H27N5O2. The summed E-state index contributed by atoms with van der Waals surface area (Å²) >= 11 is 0. The van der Waals surface area contributed by atoms with Gasteiger partial charge in [0.1, 0.15) is 0 Å². The Labute approximate surface area is 165 Å². The normalized spacial score (nSPS) is 17.8. The van der Waals surface area contributed by atoms with Gasteiger partial charge in [0.2, 0.25) is 5.91 Å². The number of nitrogens with one attached hydrogen (secondary N) is 1. The van der Waals surface area contributed by atoms with Crippen LogP contribution in [0.25, 0.3) is 0 Å². The van der Waals surface area contributed by atoms with Crippen LogP contribution in [0.4, 0.5) is 4.79 Å². The van der Waals surface area contributed by atoms with Crippen LogP contribution in [0.5, 0.6) is 0 Å². The first-order valence-corrected chi connectivity index (χ1v) is 9.87. The van der Waals surface area contributed by atoms with Crippen molar-refractivity contribution in [1.82, 2.24) is 24.9 Å². The maximum atomic E-state index is 12.4. The van der Waals surface area contributed by atoms with Crippen LogP contribution in [0, 0.1) is 0 Å². The third-order valence-corrected chi connectivity index (χ3v) is 5.66. The average Bonchev–Trinajstić information content (AvgIpc) is 3.29. The van der Waals surface area contributed by atoms with Gasteiger partial charge in [0.25, 0.3) is 0 Å². The van der Waals surface area contributed by atoms with Crippen molar-refractivity contribution in [3.63, 3.8) is 0 Å². The number of amides is 3. The molecule has 148 valence electrons. The highest BCUT2D eigenvalue weighted by atomic mass is 16.2. The van der Waals surface area contributed by atoms with Crippen molar-refractivity contribution < 1.29 is 9.59 Å². The van der Waals surface area contributed by atoms with Crippen molar-refractivity contribution in [2.75, 3.05) is 20.6 Å². The van der Waals surface area contributed by atoms with Gasteiger partial charge in [-0.1, -0.05) is 24.3 Å². The molecule has 28 heavy (non-hydrogen) atoms. The molecule has 0 spiro atoms. The molecule has 0 fully saturated rings. The molecule has 1 unspecified atom stereocenters. The van der Waals surface area contributed by atoms with Gasteiger partial charge < -0.3 is 15.1 Å². The first kappa shape index (κ1) is 18.5. The van der Waals surface area contributed by atoms with Crippen LogP contribution in [0.2, 0.25) is 0 Å². The van der Waals surface area contributed by atoms with Gasteiger partial charge in [-0.2, -0.15) is 5.10 Å². The first-order valence-electron chi connectivity index (χ1n) is 9.87. The minimum atomic E-state index is 0.0131. The molecule has 0 radical (unpaired) electrons. The Morgan fingerprint density at radius 2 is 2.07 bits per heavy atom. The van der Waals surface area contributed by atoms with Crippen LogP contribution in [0.15, 0.2) is 30.3 Å². The van der Waals surface area contributed by atoms with E-state index >= 15 is 0 Å². The lowest BCUT2D eigenvalue weighted by molar-refractivity contribution is -0.121. The Hall–Kier alpha value is -2.83. The van der Waals surface area contributed by atoms with Crippen LogP contribution >= 0.6 is 0 Å². The number of benzene rings is 1. The van der Waals surface area contributed by atoms with Crippen molar-refractivity contribution in [3.8, 4) is 0 Å². The third-order valence-electron chi connectivity index (χ3n) is 5.66. The van der Waals surface area contributed by atoms with Crippen molar-refractivity contribution in [1.29, 1.82) is 0 Å². The first-order chi connectivity index (χ1) is 13.5. The Morgan fingerprint density at radius 1 is 1.25 bits per heavy atom. The molecular weight excluding hydrogens is 354 g/mol. The summed E-state index contributed by atoms with van der Waals surface area (Å²) in [6.45, 7) is 2.31. The number of rotatable bonds is 4. The second-order valence-electron chi connectivity index (χ2n) is 7.86. The Kier molecular flexibility index (Phi) is 5.07. The van der Waals surface area contributed by atoms with Gasteiger partial charge in [-0.25, -0.2) is 4.79 Å². The molecule has 4 rings (SSSR count). The fourth-order valence-electron chi connectivity index (χ4n) is 4.20. The highest BCUT2D eigenvalue weighted by Gasteiger charge is 2.25. The largest absolute Gasteiger partial charge is 0.350 e. The zero-order valence-electron chi connectivity index (χ0n) is 16.5. The van der Waals surface area contributed by atoms with Crippen LogP contribution < -0.4 is 5.32 Å². The summed E-state index contributed by atoms with van der Waals surface area (Å²) in [4.78, 5) is 28.0. The molecule has 7 nitrogen and oxygen atoms in total. The van der Waals surface area contributed by atoms with Gasteiger partial charge in [-0.15, -0.1) is 0 Å². The number of nitrogens with zero attached hydrogens (tertiary/aromatic N) is 4. The number of urea groups is 1. The number of carbonyl (C=O) groups is 2. The van der Waals surface area contributed by atoms with E-state index in [1.165, 1.54) is 11.1 Å². The van der Waals surface area contributed by atoms with Crippen LogP contribution in [0.1, 0.15) is 41.3 Å². The van der Waals surface area contributed by atoms with E-state index in [0.717, 1.165) is 24.2 Å². The SMILES string of the molecule is CN(C)C(=O)N1CCn2nc(CNC(=O)CC3CCc4ccccc43)cc2C1. The number of hydrogen-bond acceptors (Lipinski definition) is 3. The highest BCUT2D eigenvalue weighted by molar-refractivity contribution is 5.77. The zero-order chi connectivity index (χ0) is 19.7. The maximum Gasteiger partial charge on any atom is 0.319 e. The highest BCUT2D eigenvalue weighted by Crippen LogP contribution is 2.35. The van der Waals surface area contributed by atoms with Gasteiger partial charge in [0, 0.05) is 27.1 Å². The quantitative estimate of drug-likeness (QED) is 0.882. The third kappa shape index (κ3) is 3.74. The molecule has 0 saturated carbocycles. The number of aryl methyl sites for hydroxylation is 1. The van der Waals surface area contributed by atoms with E-state index in [4.69, 9.17) is 0 Å². The molecule has 0 bridgehead atoms. The summed E-state index contributed by atoms with van der Waals surface area (Å²) in [5, 5.41) is 7.59. The summed E-state index contributed by atoms with van der Waals surface area (Å²) in [5.74, 6) is 0.383. The second-order valence-corrected chi connectivity index (χ2v) is 7.86. The van der Waals surface area contributed by atoms with Crippen LogP contribution in [-0.4, -0.2) is 52.2 Å². The van der Waals surface area contributed by atoms with Crippen LogP contribution in [-0.2, 0) is 30.8 Å². The minimum absolute atomic E-state index is 0.0131. The van der Waals surface area contributed by atoms with Crippen molar-refractivity contribution in [3.05, 3.63) is 52.8 Å². The standard InChI is InChI=1S/C21H27N5O2/c1-24(2)21(28)25-9-10-26-18(14-25)12-17(23-26)13-22-20(27)11-16-8-7-15-5-3-4-6-19(15)16/h3-6,12,16H,7-11,13-14H2,1-2H3,(H,22,27). The molecule has 2 aromatic rings. The lowest BCUT2D eigenvalue weighted by Crippen LogP contribution is -2.43. The Balaban J connectivity index is 1.32. The summed E-state index contributed by atoms with van der Waals surface area (Å²) in [7, 11) is 3.52. The molecule has 0 saturated heterocycles. The van der Waals surface area contributed by atoms with E-state index in [1.54, 1.807) is 19.0 Å². The number of fused-ring (bicyclic) bond motifs is 2. The number of hydrogen-bond donors (Lipinski definition) is 1. The zero-order valence-corrected chi connectivity index (χ0v) is 16.5.